The number of benzene rings is 1. The molecule has 0 spiro atoms. The summed E-state index contributed by atoms with van der Waals surface area (Å²) in [5.74, 6) is 0.452. The van der Waals surface area contributed by atoms with Crippen LogP contribution in [-0.2, 0) is 9.84 Å². The molecule has 1 aliphatic heterocycles. The van der Waals surface area contributed by atoms with Crippen LogP contribution in [-0.4, -0.2) is 61.2 Å². The standard InChI is InChI=1S/C20H33N3O2S2/c1-15(2)22(16(3)4)10-11-23(19-9-12-27(24,25)14-19)20(26)21-18-8-6-7-17(5)13-18/h6-8,13,15-16,19H,9-12,14H2,1-5H3,(H,21,26)/p+1/t19-/m0/s1. The number of hydrogen-bond acceptors (Lipinski definition) is 3. The lowest BCUT2D eigenvalue weighted by atomic mass is 10.2. The first-order valence-electron chi connectivity index (χ1n) is 9.79. The molecule has 1 fully saturated rings. The molecule has 0 unspecified atom stereocenters. The van der Waals surface area contributed by atoms with E-state index in [1.807, 2.05) is 25.1 Å². The second-order valence-electron chi connectivity index (χ2n) is 8.18. The van der Waals surface area contributed by atoms with Crippen molar-refractivity contribution in [3.05, 3.63) is 29.8 Å². The predicted molar refractivity (Wildman–Crippen MR) is 117 cm³/mol. The summed E-state index contributed by atoms with van der Waals surface area (Å²) in [6.45, 7) is 12.6. The van der Waals surface area contributed by atoms with E-state index in [0.717, 1.165) is 24.3 Å². The normalized spacial score (nSPS) is 19.0. The van der Waals surface area contributed by atoms with Crippen molar-refractivity contribution in [2.45, 2.75) is 59.2 Å². The van der Waals surface area contributed by atoms with Gasteiger partial charge in [0.05, 0.1) is 36.7 Å². The van der Waals surface area contributed by atoms with Gasteiger partial charge in [-0.25, -0.2) is 8.42 Å². The zero-order valence-electron chi connectivity index (χ0n) is 17.2. The summed E-state index contributed by atoms with van der Waals surface area (Å²) in [5.41, 5.74) is 2.11. The number of aryl methyl sites for hydroxylation is 1. The third kappa shape index (κ3) is 6.43. The summed E-state index contributed by atoms with van der Waals surface area (Å²) in [6.07, 6.45) is 0.649. The van der Waals surface area contributed by atoms with Crippen molar-refractivity contribution < 1.29 is 13.3 Å². The van der Waals surface area contributed by atoms with E-state index in [4.69, 9.17) is 12.2 Å². The number of quaternary nitrogens is 1. The molecule has 2 N–H and O–H groups in total. The molecule has 1 aliphatic rings. The van der Waals surface area contributed by atoms with Gasteiger partial charge in [-0.05, 0) is 71.0 Å². The zero-order valence-corrected chi connectivity index (χ0v) is 18.8. The second kappa shape index (κ2) is 9.34. The van der Waals surface area contributed by atoms with E-state index in [0.29, 0.717) is 23.6 Å². The predicted octanol–water partition coefficient (Wildman–Crippen LogP) is 1.88. The van der Waals surface area contributed by atoms with Crippen molar-refractivity contribution in [1.82, 2.24) is 4.90 Å². The molecule has 0 radical (unpaired) electrons. The van der Waals surface area contributed by atoms with Gasteiger partial charge in [-0.2, -0.15) is 0 Å². The number of sulfone groups is 1. The van der Waals surface area contributed by atoms with Gasteiger partial charge in [0.15, 0.2) is 14.9 Å². The lowest BCUT2D eigenvalue weighted by Crippen LogP contribution is -3.18. The number of hydrogen-bond donors (Lipinski definition) is 2. The van der Waals surface area contributed by atoms with Gasteiger partial charge in [0.25, 0.3) is 0 Å². The van der Waals surface area contributed by atoms with E-state index in [1.54, 1.807) is 0 Å². The van der Waals surface area contributed by atoms with Gasteiger partial charge in [0, 0.05) is 11.7 Å². The molecule has 1 aromatic rings. The second-order valence-corrected chi connectivity index (χ2v) is 10.8. The van der Waals surface area contributed by atoms with Crippen molar-refractivity contribution >= 4 is 32.9 Å². The Balaban J connectivity index is 2.15. The van der Waals surface area contributed by atoms with Gasteiger partial charge in [-0.15, -0.1) is 0 Å². The Labute approximate surface area is 170 Å². The van der Waals surface area contributed by atoms with Crippen LogP contribution in [0.25, 0.3) is 0 Å². The average molecular weight is 413 g/mol. The van der Waals surface area contributed by atoms with E-state index in [9.17, 15) is 8.42 Å². The van der Waals surface area contributed by atoms with Crippen LogP contribution >= 0.6 is 12.2 Å². The van der Waals surface area contributed by atoms with Gasteiger partial charge in [0.1, 0.15) is 0 Å². The molecule has 152 valence electrons. The molecule has 5 nitrogen and oxygen atoms in total. The lowest BCUT2D eigenvalue weighted by Gasteiger charge is -2.34. The molecule has 2 rings (SSSR count). The molecular weight excluding hydrogens is 378 g/mol. The van der Waals surface area contributed by atoms with Crippen molar-refractivity contribution in [3.63, 3.8) is 0 Å². The molecule has 0 bridgehead atoms. The quantitative estimate of drug-likeness (QED) is 0.670. The fraction of sp³-hybridized carbons (Fsp3) is 0.650. The van der Waals surface area contributed by atoms with Crippen molar-refractivity contribution in [3.8, 4) is 0 Å². The van der Waals surface area contributed by atoms with Crippen LogP contribution in [0.2, 0.25) is 0 Å². The van der Waals surface area contributed by atoms with Gasteiger partial charge in [-0.1, -0.05) is 12.1 Å². The summed E-state index contributed by atoms with van der Waals surface area (Å²) in [5, 5.41) is 3.94. The highest BCUT2D eigenvalue weighted by Crippen LogP contribution is 2.19. The minimum absolute atomic E-state index is 0.0413. The smallest absolute Gasteiger partial charge is 0.173 e. The summed E-state index contributed by atoms with van der Waals surface area (Å²) in [7, 11) is -2.96. The lowest BCUT2D eigenvalue weighted by molar-refractivity contribution is -0.941. The number of nitrogens with zero attached hydrogens (tertiary/aromatic N) is 1. The highest BCUT2D eigenvalue weighted by molar-refractivity contribution is 7.91. The molecule has 7 heteroatoms. The summed E-state index contributed by atoms with van der Waals surface area (Å²) in [4.78, 5) is 3.60. The summed E-state index contributed by atoms with van der Waals surface area (Å²) in [6, 6.07) is 9.06. The highest BCUT2D eigenvalue weighted by Gasteiger charge is 2.34. The van der Waals surface area contributed by atoms with E-state index < -0.39 is 9.84 Å². The number of thiocarbonyl (C=S) groups is 1. The Morgan fingerprint density at radius 2 is 1.96 bits per heavy atom. The van der Waals surface area contributed by atoms with Crippen LogP contribution in [0.4, 0.5) is 5.69 Å². The van der Waals surface area contributed by atoms with E-state index in [1.165, 1.54) is 4.90 Å². The van der Waals surface area contributed by atoms with Gasteiger partial charge < -0.3 is 15.1 Å². The Bertz CT molecular complexity index is 739. The van der Waals surface area contributed by atoms with Gasteiger partial charge in [-0.3, -0.25) is 0 Å². The SMILES string of the molecule is Cc1cccc(NC(=S)N(CC[NH+](C(C)C)C(C)C)[C@H]2CCS(=O)(=O)C2)c1. The third-order valence-corrected chi connectivity index (χ3v) is 7.39. The molecule has 27 heavy (non-hydrogen) atoms. The monoisotopic (exact) mass is 412 g/mol. The highest BCUT2D eigenvalue weighted by atomic mass is 32.2. The first kappa shape index (κ1) is 22.1. The van der Waals surface area contributed by atoms with Crippen LogP contribution in [0, 0.1) is 6.92 Å². The third-order valence-electron chi connectivity index (χ3n) is 5.30. The molecule has 0 amide bonds. The first-order chi connectivity index (χ1) is 12.6. The Hall–Kier alpha value is -1.18. The zero-order chi connectivity index (χ0) is 20.2. The van der Waals surface area contributed by atoms with Crippen LogP contribution in [0.5, 0.6) is 0 Å². The fourth-order valence-corrected chi connectivity index (χ4v) is 5.97. The summed E-state index contributed by atoms with van der Waals surface area (Å²) < 4.78 is 24.1. The van der Waals surface area contributed by atoms with Crippen molar-refractivity contribution in [1.29, 1.82) is 0 Å². The first-order valence-corrected chi connectivity index (χ1v) is 12.0. The van der Waals surface area contributed by atoms with Crippen LogP contribution in [0.15, 0.2) is 24.3 Å². The van der Waals surface area contributed by atoms with Crippen molar-refractivity contribution in [2.75, 3.05) is 29.9 Å². The van der Waals surface area contributed by atoms with Crippen LogP contribution in [0.1, 0.15) is 39.7 Å². The maximum atomic E-state index is 12.0. The molecule has 1 saturated heterocycles. The molecule has 0 aliphatic carbocycles. The largest absolute Gasteiger partial charge is 0.339 e. The maximum Gasteiger partial charge on any atom is 0.173 e. The Morgan fingerprint density at radius 1 is 1.30 bits per heavy atom. The molecular formula is C20H34N3O2S2+. The van der Waals surface area contributed by atoms with E-state index >= 15 is 0 Å². The topological polar surface area (TPSA) is 53.9 Å². The van der Waals surface area contributed by atoms with Gasteiger partial charge >= 0.3 is 0 Å². The average Bonchev–Trinajstić information content (AvgIpc) is 2.90. The van der Waals surface area contributed by atoms with Crippen molar-refractivity contribution in [2.24, 2.45) is 0 Å². The maximum absolute atomic E-state index is 12.0. The Morgan fingerprint density at radius 3 is 2.48 bits per heavy atom. The number of rotatable bonds is 7. The number of anilines is 1. The minimum Gasteiger partial charge on any atom is -0.339 e. The van der Waals surface area contributed by atoms with E-state index in [-0.39, 0.29) is 17.5 Å². The molecule has 1 aromatic carbocycles. The van der Waals surface area contributed by atoms with Crippen LogP contribution in [0.3, 0.4) is 0 Å². The fourth-order valence-electron chi connectivity index (χ4n) is 3.88. The number of nitrogens with one attached hydrogen (secondary N) is 2. The molecule has 0 saturated carbocycles. The summed E-state index contributed by atoms with van der Waals surface area (Å²) >= 11 is 5.71. The minimum atomic E-state index is -2.96. The Kier molecular flexibility index (Phi) is 7.65. The van der Waals surface area contributed by atoms with Gasteiger partial charge in [0.2, 0.25) is 0 Å². The molecule has 1 heterocycles. The molecule has 0 aromatic heterocycles. The van der Waals surface area contributed by atoms with Crippen LogP contribution < -0.4 is 10.2 Å². The molecule has 1 atom stereocenters. The van der Waals surface area contributed by atoms with E-state index in [2.05, 4.69) is 44.0 Å².